The average Bonchev–Trinajstić information content (AvgIpc) is 2.87. The molecule has 1 aromatic heterocycles. The number of hydrogen-bond acceptors (Lipinski definition) is 4. The Kier molecular flexibility index (Phi) is 3.08. The fourth-order valence-electron chi connectivity index (χ4n) is 2.37. The Morgan fingerprint density at radius 3 is 2.52 bits per heavy atom. The molecule has 6 heteroatoms. The second kappa shape index (κ2) is 4.59. The van der Waals surface area contributed by atoms with E-state index < -0.39 is 0 Å². The molecule has 0 spiro atoms. The van der Waals surface area contributed by atoms with Crippen molar-refractivity contribution in [3.05, 3.63) is 24.4 Å². The van der Waals surface area contributed by atoms with E-state index in [-0.39, 0.29) is 24.9 Å². The smallest absolute Gasteiger partial charge is 0.399 e. The number of nitriles is 1. The predicted octanol–water partition coefficient (Wildman–Crippen LogP) is 1.86. The molecule has 0 radical (unpaired) electrons. The second-order valence-corrected chi connectivity index (χ2v) is 6.39. The first-order valence-corrected chi connectivity index (χ1v) is 7.02. The SMILES string of the molecule is CC1(C)OB(c2ccc3nn(CC#N)cc3c2)OC1(C)C. The summed E-state index contributed by atoms with van der Waals surface area (Å²) in [5, 5.41) is 14.1. The molecule has 2 heterocycles. The molecule has 0 unspecified atom stereocenters. The third-order valence-corrected chi connectivity index (χ3v) is 4.33. The molecule has 0 saturated carbocycles. The summed E-state index contributed by atoms with van der Waals surface area (Å²) >= 11 is 0. The Bertz CT molecular complexity index is 714. The number of rotatable bonds is 2. The van der Waals surface area contributed by atoms with Crippen molar-refractivity contribution in [2.24, 2.45) is 0 Å². The maximum absolute atomic E-state index is 8.74. The standard InChI is InChI=1S/C15H18BN3O2/c1-14(2)15(3,4)21-16(20-14)12-5-6-13-11(9-12)10-19(18-13)8-7-17/h5-6,9-10H,8H2,1-4H3. The van der Waals surface area contributed by atoms with E-state index in [2.05, 4.69) is 11.2 Å². The summed E-state index contributed by atoms with van der Waals surface area (Å²) in [6.07, 6.45) is 1.87. The molecule has 0 aliphatic carbocycles. The molecule has 21 heavy (non-hydrogen) atoms. The highest BCUT2D eigenvalue weighted by Crippen LogP contribution is 2.36. The zero-order valence-corrected chi connectivity index (χ0v) is 12.8. The van der Waals surface area contributed by atoms with Gasteiger partial charge in [-0.2, -0.15) is 10.4 Å². The predicted molar refractivity (Wildman–Crippen MR) is 81.1 cm³/mol. The van der Waals surface area contributed by atoms with Crippen LogP contribution >= 0.6 is 0 Å². The Morgan fingerprint density at radius 1 is 1.24 bits per heavy atom. The van der Waals surface area contributed by atoms with Crippen LogP contribution in [-0.4, -0.2) is 28.1 Å². The first kappa shape index (κ1) is 14.1. The quantitative estimate of drug-likeness (QED) is 0.789. The van der Waals surface area contributed by atoms with Gasteiger partial charge in [0.2, 0.25) is 0 Å². The number of aromatic nitrogens is 2. The molecular formula is C15H18BN3O2. The normalized spacial score (nSPS) is 19.9. The van der Waals surface area contributed by atoms with E-state index in [4.69, 9.17) is 14.6 Å². The lowest BCUT2D eigenvalue weighted by Crippen LogP contribution is -2.41. The van der Waals surface area contributed by atoms with E-state index in [9.17, 15) is 0 Å². The minimum Gasteiger partial charge on any atom is -0.399 e. The molecule has 108 valence electrons. The molecule has 1 aliphatic heterocycles. The van der Waals surface area contributed by atoms with Crippen LogP contribution < -0.4 is 5.46 Å². The molecular weight excluding hydrogens is 265 g/mol. The summed E-state index contributed by atoms with van der Waals surface area (Å²) in [6, 6.07) is 8.00. The number of fused-ring (bicyclic) bond motifs is 1. The maximum atomic E-state index is 8.74. The molecule has 1 aliphatic rings. The van der Waals surface area contributed by atoms with Crippen molar-refractivity contribution in [1.82, 2.24) is 9.78 Å². The van der Waals surface area contributed by atoms with Gasteiger partial charge in [-0.15, -0.1) is 0 Å². The van der Waals surface area contributed by atoms with Crippen LogP contribution in [0, 0.1) is 11.3 Å². The van der Waals surface area contributed by atoms with Crippen LogP contribution in [0.15, 0.2) is 24.4 Å². The molecule has 1 fully saturated rings. The van der Waals surface area contributed by atoms with Crippen molar-refractivity contribution in [2.45, 2.75) is 45.4 Å². The van der Waals surface area contributed by atoms with Gasteiger partial charge in [0.1, 0.15) is 6.54 Å². The minimum atomic E-state index is -0.376. The molecule has 2 aromatic rings. The Morgan fingerprint density at radius 2 is 1.90 bits per heavy atom. The van der Waals surface area contributed by atoms with Crippen LogP contribution in [-0.2, 0) is 15.9 Å². The summed E-state index contributed by atoms with van der Waals surface area (Å²) in [7, 11) is -0.376. The minimum absolute atomic E-state index is 0.251. The largest absolute Gasteiger partial charge is 0.494 e. The topological polar surface area (TPSA) is 60.1 Å². The van der Waals surface area contributed by atoms with Gasteiger partial charge in [-0.05, 0) is 39.2 Å². The van der Waals surface area contributed by atoms with Gasteiger partial charge >= 0.3 is 7.12 Å². The van der Waals surface area contributed by atoms with Crippen LogP contribution in [0.25, 0.3) is 10.9 Å². The highest BCUT2D eigenvalue weighted by Gasteiger charge is 2.51. The van der Waals surface area contributed by atoms with Gasteiger partial charge in [-0.3, -0.25) is 4.68 Å². The molecule has 0 atom stereocenters. The summed E-state index contributed by atoms with van der Waals surface area (Å²) < 4.78 is 13.7. The highest BCUT2D eigenvalue weighted by atomic mass is 16.7. The lowest BCUT2D eigenvalue weighted by atomic mass is 9.79. The third-order valence-electron chi connectivity index (χ3n) is 4.33. The monoisotopic (exact) mass is 283 g/mol. The van der Waals surface area contributed by atoms with Crippen molar-refractivity contribution < 1.29 is 9.31 Å². The fraction of sp³-hybridized carbons (Fsp3) is 0.467. The van der Waals surface area contributed by atoms with Crippen LogP contribution in [0.4, 0.5) is 0 Å². The Hall–Kier alpha value is -1.84. The molecule has 1 aromatic carbocycles. The van der Waals surface area contributed by atoms with Crippen LogP contribution in [0.3, 0.4) is 0 Å². The van der Waals surface area contributed by atoms with Crippen molar-refractivity contribution >= 4 is 23.5 Å². The van der Waals surface area contributed by atoms with Crippen molar-refractivity contribution in [1.29, 1.82) is 5.26 Å². The van der Waals surface area contributed by atoms with Crippen LogP contribution in [0.1, 0.15) is 27.7 Å². The second-order valence-electron chi connectivity index (χ2n) is 6.39. The van der Waals surface area contributed by atoms with Crippen molar-refractivity contribution in [2.75, 3.05) is 0 Å². The highest BCUT2D eigenvalue weighted by molar-refractivity contribution is 6.62. The van der Waals surface area contributed by atoms with Gasteiger partial charge in [0, 0.05) is 11.6 Å². The van der Waals surface area contributed by atoms with Gasteiger partial charge < -0.3 is 9.31 Å². The van der Waals surface area contributed by atoms with Gasteiger partial charge in [-0.1, -0.05) is 12.1 Å². The van der Waals surface area contributed by atoms with Gasteiger partial charge in [-0.25, -0.2) is 0 Å². The number of hydrogen-bond donors (Lipinski definition) is 0. The summed E-state index contributed by atoms with van der Waals surface area (Å²) in [5.41, 5.74) is 1.14. The van der Waals surface area contributed by atoms with Crippen LogP contribution in [0.5, 0.6) is 0 Å². The average molecular weight is 283 g/mol. The lowest BCUT2D eigenvalue weighted by Gasteiger charge is -2.32. The van der Waals surface area contributed by atoms with E-state index in [0.717, 1.165) is 16.4 Å². The fourth-order valence-corrected chi connectivity index (χ4v) is 2.37. The first-order valence-electron chi connectivity index (χ1n) is 7.02. The van der Waals surface area contributed by atoms with E-state index in [1.54, 1.807) is 4.68 Å². The van der Waals surface area contributed by atoms with Crippen molar-refractivity contribution in [3.63, 3.8) is 0 Å². The van der Waals surface area contributed by atoms with E-state index in [0.29, 0.717) is 0 Å². The van der Waals surface area contributed by atoms with E-state index in [1.165, 1.54) is 0 Å². The van der Waals surface area contributed by atoms with Gasteiger partial charge in [0.25, 0.3) is 0 Å². The summed E-state index contributed by atoms with van der Waals surface area (Å²) in [5.74, 6) is 0. The third kappa shape index (κ3) is 2.33. The number of benzene rings is 1. The van der Waals surface area contributed by atoms with Gasteiger partial charge in [0.05, 0.1) is 22.8 Å². The number of nitrogens with zero attached hydrogens (tertiary/aromatic N) is 3. The molecule has 0 N–H and O–H groups in total. The molecule has 0 amide bonds. The lowest BCUT2D eigenvalue weighted by molar-refractivity contribution is 0.00578. The molecule has 1 saturated heterocycles. The molecule has 0 bridgehead atoms. The Balaban J connectivity index is 1.94. The summed E-state index contributed by atoms with van der Waals surface area (Å²) in [6.45, 7) is 8.40. The van der Waals surface area contributed by atoms with Crippen molar-refractivity contribution in [3.8, 4) is 6.07 Å². The zero-order chi connectivity index (χ0) is 15.3. The maximum Gasteiger partial charge on any atom is 0.494 e. The first-order chi connectivity index (χ1) is 9.82. The van der Waals surface area contributed by atoms with E-state index >= 15 is 0 Å². The van der Waals surface area contributed by atoms with Gasteiger partial charge in [0.15, 0.2) is 0 Å². The zero-order valence-electron chi connectivity index (χ0n) is 12.8. The Labute approximate surface area is 124 Å². The van der Waals surface area contributed by atoms with E-state index in [1.807, 2.05) is 52.1 Å². The van der Waals surface area contributed by atoms with Crippen LogP contribution in [0.2, 0.25) is 0 Å². The molecule has 3 rings (SSSR count). The summed E-state index contributed by atoms with van der Waals surface area (Å²) in [4.78, 5) is 0. The molecule has 5 nitrogen and oxygen atoms in total.